The number of hydrogen-bond donors (Lipinski definition) is 3. The molecule has 152 valence electrons. The molecule has 7 nitrogen and oxygen atoms in total. The normalized spacial score (nSPS) is 17.6. The average Bonchev–Trinajstić information content (AvgIpc) is 3.17. The number of aromatic nitrogens is 1. The van der Waals surface area contributed by atoms with Gasteiger partial charge in [-0.1, -0.05) is 0 Å². The summed E-state index contributed by atoms with van der Waals surface area (Å²) >= 11 is -0.747. The molecule has 0 bridgehead atoms. The number of H-pyrrole nitrogens is 1. The average molecular weight is 507 g/mol. The topological polar surface area (TPSA) is 92.8 Å². The number of carbonyl (C=O) groups excluding carboxylic acids is 1. The summed E-state index contributed by atoms with van der Waals surface area (Å²) in [5.74, 6) is 1.37. The molecular weight excluding hydrogens is 487 g/mol. The number of halogens is 1. The van der Waals surface area contributed by atoms with E-state index >= 15 is 0 Å². The van der Waals surface area contributed by atoms with Crippen molar-refractivity contribution in [3.8, 4) is 11.5 Å². The fourth-order valence-corrected chi connectivity index (χ4v) is 4.97. The van der Waals surface area contributed by atoms with Crippen LogP contribution in [0.4, 0.5) is 5.69 Å². The van der Waals surface area contributed by atoms with Crippen LogP contribution in [0.25, 0.3) is 10.9 Å². The number of hydrogen-bond acceptors (Lipinski definition) is 5. The third-order valence-corrected chi connectivity index (χ3v) is 6.81. The van der Waals surface area contributed by atoms with Crippen molar-refractivity contribution in [2.24, 2.45) is 0 Å². The first-order valence-electron chi connectivity index (χ1n) is 9.47. The van der Waals surface area contributed by atoms with E-state index in [2.05, 4.69) is 10.3 Å². The van der Waals surface area contributed by atoms with Gasteiger partial charge in [-0.05, 0) is 6.92 Å². The summed E-state index contributed by atoms with van der Waals surface area (Å²) in [4.78, 5) is 16.4. The van der Waals surface area contributed by atoms with Crippen LogP contribution in [-0.4, -0.2) is 22.6 Å². The Morgan fingerprint density at radius 3 is 2.90 bits per heavy atom. The Balaban J connectivity index is 1.48. The number of anilines is 1. The molecule has 0 radical (unpaired) electrons. The first-order valence-corrected chi connectivity index (χ1v) is 11.2. The summed E-state index contributed by atoms with van der Waals surface area (Å²) in [5, 5.41) is 14.5. The van der Waals surface area contributed by atoms with Crippen molar-refractivity contribution in [2.45, 2.75) is 31.5 Å². The Morgan fingerprint density at radius 1 is 1.28 bits per heavy atom. The summed E-state index contributed by atoms with van der Waals surface area (Å²) in [7, 11) is 0. The van der Waals surface area contributed by atoms with E-state index < -0.39 is 33.7 Å². The van der Waals surface area contributed by atoms with Crippen molar-refractivity contribution in [3.63, 3.8) is 0 Å². The maximum atomic E-state index is 13.3. The molecule has 3 aromatic rings. The molecule has 1 atom stereocenters. The molecule has 1 aliphatic heterocycles. The Kier molecular flexibility index (Phi) is 4.64. The van der Waals surface area contributed by atoms with Crippen molar-refractivity contribution in [3.05, 3.63) is 53.7 Å². The quantitative estimate of drug-likeness (QED) is 0.335. The molecule has 1 aromatic heterocycles. The predicted molar refractivity (Wildman–Crippen MR) is 102 cm³/mol. The van der Waals surface area contributed by atoms with E-state index in [-0.39, 0.29) is 5.91 Å². The number of carbonyl (C=O) groups is 1. The molecule has 1 amide bonds. The number of aliphatic hydroxyl groups is 1. The molecule has 1 aliphatic carbocycles. The summed E-state index contributed by atoms with van der Waals surface area (Å²) in [6.07, 6.45) is 2.20. The first-order chi connectivity index (χ1) is 14.1. The van der Waals surface area contributed by atoms with Crippen molar-refractivity contribution in [1.29, 1.82) is 0 Å². The molecule has 0 saturated heterocycles. The SMILES string of the molecule is CCOC(O)c1c(NC(=O)C2(c3ccc4c(c3)O[I-]O4)CC2)ccc2cc[nH]c12. The van der Waals surface area contributed by atoms with Crippen molar-refractivity contribution in [2.75, 3.05) is 11.9 Å². The Labute approximate surface area is 178 Å². The number of amides is 1. The van der Waals surface area contributed by atoms with Gasteiger partial charge in [0, 0.05) is 0 Å². The second-order valence-electron chi connectivity index (χ2n) is 7.19. The van der Waals surface area contributed by atoms with Crippen LogP contribution in [-0.2, 0) is 14.9 Å². The number of benzene rings is 2. The van der Waals surface area contributed by atoms with Crippen LogP contribution in [0.3, 0.4) is 0 Å². The van der Waals surface area contributed by atoms with Crippen LogP contribution in [0, 0.1) is 0 Å². The molecule has 2 heterocycles. The zero-order chi connectivity index (χ0) is 20.0. The summed E-state index contributed by atoms with van der Waals surface area (Å²) < 4.78 is 16.5. The zero-order valence-electron chi connectivity index (χ0n) is 15.7. The number of nitrogens with one attached hydrogen (secondary N) is 2. The summed E-state index contributed by atoms with van der Waals surface area (Å²) in [6.45, 7) is 2.17. The minimum absolute atomic E-state index is 0.0954. The van der Waals surface area contributed by atoms with Crippen molar-refractivity contribution < 1.29 is 42.8 Å². The molecule has 2 aliphatic rings. The third kappa shape index (κ3) is 3.15. The van der Waals surface area contributed by atoms with Gasteiger partial charge >= 0.3 is 172 Å². The third-order valence-electron chi connectivity index (χ3n) is 5.50. The molecule has 1 saturated carbocycles. The molecular formula is C21H20IN2O5-. The Morgan fingerprint density at radius 2 is 2.10 bits per heavy atom. The van der Waals surface area contributed by atoms with E-state index in [1.807, 2.05) is 43.3 Å². The van der Waals surface area contributed by atoms with Crippen LogP contribution < -0.4 is 33.5 Å². The van der Waals surface area contributed by atoms with Crippen molar-refractivity contribution in [1.82, 2.24) is 4.98 Å². The van der Waals surface area contributed by atoms with Gasteiger partial charge < -0.3 is 0 Å². The van der Waals surface area contributed by atoms with Crippen LogP contribution in [0.1, 0.15) is 37.2 Å². The number of fused-ring (bicyclic) bond motifs is 2. The van der Waals surface area contributed by atoms with Crippen molar-refractivity contribution >= 4 is 22.5 Å². The molecule has 1 unspecified atom stereocenters. The van der Waals surface area contributed by atoms with Gasteiger partial charge in [-0.2, -0.15) is 0 Å². The van der Waals surface area contributed by atoms with Gasteiger partial charge in [-0.25, -0.2) is 0 Å². The molecule has 0 spiro atoms. The number of ether oxygens (including phenoxy) is 1. The second kappa shape index (κ2) is 7.19. The number of aromatic amines is 1. The fourth-order valence-electron chi connectivity index (χ4n) is 3.79. The van der Waals surface area contributed by atoms with Gasteiger partial charge in [0.15, 0.2) is 0 Å². The van der Waals surface area contributed by atoms with Crippen LogP contribution in [0.5, 0.6) is 11.5 Å². The van der Waals surface area contributed by atoms with Gasteiger partial charge in [0.25, 0.3) is 0 Å². The summed E-state index contributed by atoms with van der Waals surface area (Å²) in [6, 6.07) is 11.4. The van der Waals surface area contributed by atoms with E-state index in [0.29, 0.717) is 17.9 Å². The minimum atomic E-state index is -1.14. The molecule has 2 aromatic carbocycles. The van der Waals surface area contributed by atoms with Gasteiger partial charge in [0.2, 0.25) is 0 Å². The van der Waals surface area contributed by atoms with E-state index in [1.54, 1.807) is 6.20 Å². The number of rotatable bonds is 6. The molecule has 8 heteroatoms. The standard InChI is InChI=1S/C21H20IN2O5/c1-2-27-19(25)17-14(5-3-12-7-10-23-18(12)17)24-20(26)21(8-9-21)13-4-6-15-16(11-13)29-22-28-15/h3-7,10-11,19,23,25H,2,8-9H2,1H3,(H,24,26)/q-1. The molecule has 3 N–H and O–H groups in total. The van der Waals surface area contributed by atoms with Gasteiger partial charge in [0.05, 0.1) is 0 Å². The van der Waals surface area contributed by atoms with E-state index in [0.717, 1.165) is 40.8 Å². The summed E-state index contributed by atoms with van der Waals surface area (Å²) in [5.41, 5.74) is 2.17. The Bertz CT molecular complexity index is 1090. The zero-order valence-corrected chi connectivity index (χ0v) is 17.9. The first kappa shape index (κ1) is 18.7. The van der Waals surface area contributed by atoms with E-state index in [1.165, 1.54) is 0 Å². The van der Waals surface area contributed by atoms with Gasteiger partial charge in [0.1, 0.15) is 0 Å². The van der Waals surface area contributed by atoms with E-state index in [4.69, 9.17) is 10.9 Å². The predicted octanol–water partition coefficient (Wildman–Crippen LogP) is 0.556. The Hall–Kier alpha value is -2.30. The maximum absolute atomic E-state index is 13.3. The van der Waals surface area contributed by atoms with Gasteiger partial charge in [-0.15, -0.1) is 0 Å². The number of aliphatic hydroxyl groups excluding tert-OH is 1. The van der Waals surface area contributed by atoms with Crippen LogP contribution in [0.15, 0.2) is 42.6 Å². The van der Waals surface area contributed by atoms with Gasteiger partial charge in [-0.3, -0.25) is 0 Å². The monoisotopic (exact) mass is 507 g/mol. The molecule has 5 rings (SSSR count). The molecule has 29 heavy (non-hydrogen) atoms. The molecule has 1 fully saturated rings. The second-order valence-corrected chi connectivity index (χ2v) is 8.43. The fraction of sp³-hybridized carbons (Fsp3) is 0.286. The van der Waals surface area contributed by atoms with E-state index in [9.17, 15) is 9.90 Å². The van der Waals surface area contributed by atoms with Crippen LogP contribution >= 0.6 is 0 Å². The van der Waals surface area contributed by atoms with Crippen LogP contribution in [0.2, 0.25) is 0 Å².